The lowest BCUT2D eigenvalue weighted by atomic mass is 10.00. The van der Waals surface area contributed by atoms with Gasteiger partial charge in [0.15, 0.2) is 0 Å². The lowest BCUT2D eigenvalue weighted by Crippen LogP contribution is -2.25. The second-order valence-corrected chi connectivity index (χ2v) is 5.00. The van der Waals surface area contributed by atoms with Crippen LogP contribution in [0.15, 0.2) is 36.1 Å². The van der Waals surface area contributed by atoms with Crippen molar-refractivity contribution < 1.29 is 14.3 Å². The van der Waals surface area contributed by atoms with Crippen LogP contribution in [0.5, 0.6) is 0 Å². The van der Waals surface area contributed by atoms with Gasteiger partial charge in [0.05, 0.1) is 23.0 Å². The van der Waals surface area contributed by atoms with Crippen LogP contribution in [-0.2, 0) is 14.3 Å². The Hall–Kier alpha value is -1.81. The average Bonchev–Trinajstić information content (AvgIpc) is 2.85. The van der Waals surface area contributed by atoms with E-state index in [4.69, 9.17) is 16.3 Å². The molecule has 0 bridgehead atoms. The number of cyclic esters (lactones) is 1. The van der Waals surface area contributed by atoms with E-state index in [-0.39, 0.29) is 18.3 Å². The van der Waals surface area contributed by atoms with E-state index in [2.05, 4.69) is 5.32 Å². The van der Waals surface area contributed by atoms with E-state index in [0.717, 1.165) is 6.42 Å². The molecule has 1 amide bonds. The maximum Gasteiger partial charge on any atom is 0.314 e. The SMILES string of the molecule is CCCC(C(=O)Nc1ccccc1Cl)C1=CCC(=O)O1. The summed E-state index contributed by atoms with van der Waals surface area (Å²) in [5.74, 6) is -0.531. The number of benzene rings is 1. The maximum atomic E-state index is 12.3. The molecule has 1 aromatic carbocycles. The van der Waals surface area contributed by atoms with Crippen molar-refractivity contribution >= 4 is 29.2 Å². The van der Waals surface area contributed by atoms with Gasteiger partial charge in [0.25, 0.3) is 0 Å². The highest BCUT2D eigenvalue weighted by Gasteiger charge is 2.28. The number of carbonyl (C=O) groups excluding carboxylic acids is 2. The van der Waals surface area contributed by atoms with Crippen molar-refractivity contribution in [3.8, 4) is 0 Å². The summed E-state index contributed by atoms with van der Waals surface area (Å²) in [6.45, 7) is 1.98. The summed E-state index contributed by atoms with van der Waals surface area (Å²) in [5.41, 5.74) is 0.560. The average molecular weight is 294 g/mol. The van der Waals surface area contributed by atoms with Gasteiger partial charge in [0.1, 0.15) is 5.76 Å². The van der Waals surface area contributed by atoms with Gasteiger partial charge < -0.3 is 10.1 Å². The van der Waals surface area contributed by atoms with Crippen molar-refractivity contribution in [2.24, 2.45) is 5.92 Å². The monoisotopic (exact) mass is 293 g/mol. The minimum atomic E-state index is -0.456. The maximum absolute atomic E-state index is 12.3. The largest absolute Gasteiger partial charge is 0.430 e. The molecule has 0 radical (unpaired) electrons. The molecule has 0 saturated heterocycles. The fourth-order valence-electron chi connectivity index (χ4n) is 2.09. The summed E-state index contributed by atoms with van der Waals surface area (Å²) in [4.78, 5) is 23.5. The number of halogens is 1. The predicted octanol–water partition coefficient (Wildman–Crippen LogP) is 3.53. The molecule has 20 heavy (non-hydrogen) atoms. The molecule has 1 aromatic rings. The van der Waals surface area contributed by atoms with Gasteiger partial charge in [-0.1, -0.05) is 37.1 Å². The van der Waals surface area contributed by atoms with E-state index >= 15 is 0 Å². The molecule has 4 nitrogen and oxygen atoms in total. The first-order chi connectivity index (χ1) is 9.61. The van der Waals surface area contributed by atoms with Gasteiger partial charge in [-0.25, -0.2) is 0 Å². The van der Waals surface area contributed by atoms with Gasteiger partial charge in [-0.2, -0.15) is 0 Å². The van der Waals surface area contributed by atoms with E-state index in [1.807, 2.05) is 6.92 Å². The predicted molar refractivity (Wildman–Crippen MR) is 77.3 cm³/mol. The highest BCUT2D eigenvalue weighted by molar-refractivity contribution is 6.33. The number of hydrogen-bond acceptors (Lipinski definition) is 3. The zero-order valence-electron chi connectivity index (χ0n) is 11.2. The van der Waals surface area contributed by atoms with Gasteiger partial charge in [-0.3, -0.25) is 9.59 Å². The van der Waals surface area contributed by atoms with Crippen LogP contribution in [0.2, 0.25) is 5.02 Å². The molecule has 1 unspecified atom stereocenters. The van der Waals surface area contributed by atoms with Crippen molar-refractivity contribution in [3.05, 3.63) is 41.1 Å². The van der Waals surface area contributed by atoms with Gasteiger partial charge in [0.2, 0.25) is 5.91 Å². The topological polar surface area (TPSA) is 55.4 Å². The van der Waals surface area contributed by atoms with Gasteiger partial charge >= 0.3 is 5.97 Å². The number of nitrogens with one attached hydrogen (secondary N) is 1. The number of esters is 1. The van der Waals surface area contributed by atoms with Crippen LogP contribution < -0.4 is 5.32 Å². The smallest absolute Gasteiger partial charge is 0.314 e. The Kier molecular flexibility index (Phi) is 4.79. The fraction of sp³-hybridized carbons (Fsp3) is 0.333. The summed E-state index contributed by atoms with van der Waals surface area (Å²) >= 11 is 6.02. The molecule has 0 aromatic heterocycles. The normalized spacial score (nSPS) is 15.5. The van der Waals surface area contributed by atoms with E-state index in [9.17, 15) is 9.59 Å². The van der Waals surface area contributed by atoms with Gasteiger partial charge in [-0.05, 0) is 24.6 Å². The molecule has 0 spiro atoms. The van der Waals surface area contributed by atoms with Crippen LogP contribution in [0.4, 0.5) is 5.69 Å². The zero-order chi connectivity index (χ0) is 14.5. The summed E-state index contributed by atoms with van der Waals surface area (Å²) in [6.07, 6.45) is 3.34. The third-order valence-electron chi connectivity index (χ3n) is 3.07. The van der Waals surface area contributed by atoms with Crippen molar-refractivity contribution in [1.29, 1.82) is 0 Å². The van der Waals surface area contributed by atoms with E-state index in [0.29, 0.717) is 22.9 Å². The zero-order valence-corrected chi connectivity index (χ0v) is 11.9. The summed E-state index contributed by atoms with van der Waals surface area (Å²) < 4.78 is 5.09. The number of rotatable bonds is 5. The Balaban J connectivity index is 2.12. The van der Waals surface area contributed by atoms with Crippen LogP contribution in [0.1, 0.15) is 26.2 Å². The second-order valence-electron chi connectivity index (χ2n) is 4.60. The van der Waals surface area contributed by atoms with Crippen molar-refractivity contribution in [1.82, 2.24) is 0 Å². The standard InChI is InChI=1S/C15H16ClNO3/c1-2-5-10(13-8-9-14(18)20-13)15(19)17-12-7-4-3-6-11(12)16/h3-4,6-8,10H,2,5,9H2,1H3,(H,17,19). The molecule has 0 saturated carbocycles. The van der Waals surface area contributed by atoms with E-state index < -0.39 is 5.92 Å². The third-order valence-corrected chi connectivity index (χ3v) is 3.40. The lowest BCUT2D eigenvalue weighted by molar-refractivity contribution is -0.137. The summed E-state index contributed by atoms with van der Waals surface area (Å²) in [6, 6.07) is 7.03. The number of para-hydroxylation sites is 1. The van der Waals surface area contributed by atoms with Crippen LogP contribution in [0, 0.1) is 5.92 Å². The Morgan fingerprint density at radius 3 is 2.80 bits per heavy atom. The first kappa shape index (κ1) is 14.6. The van der Waals surface area contributed by atoms with Crippen molar-refractivity contribution in [3.63, 3.8) is 0 Å². The number of hydrogen-bond donors (Lipinski definition) is 1. The minimum absolute atomic E-state index is 0.207. The molecule has 5 heteroatoms. The molecule has 1 atom stereocenters. The highest BCUT2D eigenvalue weighted by Crippen LogP contribution is 2.27. The lowest BCUT2D eigenvalue weighted by Gasteiger charge is -2.17. The highest BCUT2D eigenvalue weighted by atomic mass is 35.5. The molecular formula is C15H16ClNO3. The molecule has 106 valence electrons. The second kappa shape index (κ2) is 6.57. The quantitative estimate of drug-likeness (QED) is 0.845. The van der Waals surface area contributed by atoms with Crippen LogP contribution in [-0.4, -0.2) is 11.9 Å². The first-order valence-corrected chi connectivity index (χ1v) is 6.95. The number of amides is 1. The summed E-state index contributed by atoms with van der Waals surface area (Å²) in [7, 11) is 0. The Morgan fingerprint density at radius 1 is 1.45 bits per heavy atom. The number of anilines is 1. The molecule has 1 heterocycles. The van der Waals surface area contributed by atoms with E-state index in [1.54, 1.807) is 30.3 Å². The van der Waals surface area contributed by atoms with E-state index in [1.165, 1.54) is 0 Å². The molecular weight excluding hydrogens is 278 g/mol. The van der Waals surface area contributed by atoms with Crippen LogP contribution in [0.3, 0.4) is 0 Å². The fourth-order valence-corrected chi connectivity index (χ4v) is 2.27. The Labute approximate surface area is 122 Å². The molecule has 0 fully saturated rings. The molecule has 1 aliphatic rings. The van der Waals surface area contributed by atoms with Gasteiger partial charge in [-0.15, -0.1) is 0 Å². The Bertz CT molecular complexity index is 554. The summed E-state index contributed by atoms with van der Waals surface area (Å²) in [5, 5.41) is 3.26. The molecule has 2 rings (SSSR count). The van der Waals surface area contributed by atoms with Crippen LogP contribution >= 0.6 is 11.6 Å². The number of carbonyl (C=O) groups is 2. The van der Waals surface area contributed by atoms with Gasteiger partial charge in [0, 0.05) is 0 Å². The first-order valence-electron chi connectivity index (χ1n) is 6.58. The molecule has 0 aliphatic carbocycles. The van der Waals surface area contributed by atoms with Crippen molar-refractivity contribution in [2.75, 3.05) is 5.32 Å². The third kappa shape index (κ3) is 3.39. The number of ether oxygens (including phenoxy) is 1. The molecule has 1 aliphatic heterocycles. The van der Waals surface area contributed by atoms with Crippen LogP contribution in [0.25, 0.3) is 0 Å². The molecule has 1 N–H and O–H groups in total. The Morgan fingerprint density at radius 2 is 2.20 bits per heavy atom. The van der Waals surface area contributed by atoms with Crippen molar-refractivity contribution in [2.45, 2.75) is 26.2 Å². The minimum Gasteiger partial charge on any atom is -0.430 e.